The van der Waals surface area contributed by atoms with Crippen LogP contribution in [0, 0.1) is 29.6 Å². The zero-order chi connectivity index (χ0) is 9.16. The monoisotopic (exact) mass is 181 g/mol. The van der Waals surface area contributed by atoms with Crippen LogP contribution in [0.1, 0.15) is 19.3 Å². The molecule has 4 aliphatic rings. The molecule has 6 atom stereocenters. The third-order valence-electron chi connectivity index (χ3n) is 4.48. The summed E-state index contributed by atoms with van der Waals surface area (Å²) < 4.78 is 0. The quantitative estimate of drug-likeness (QED) is 0.625. The third kappa shape index (κ3) is 0.857. The SMILES string of the molecule is N[C@H]1C2CCC(C3CC32)[C@H]1C(=O)O. The molecule has 4 unspecified atom stereocenters. The molecule has 0 radical (unpaired) electrons. The molecule has 0 aromatic rings. The molecule has 0 aliphatic heterocycles. The van der Waals surface area contributed by atoms with Gasteiger partial charge in [0, 0.05) is 6.04 Å². The van der Waals surface area contributed by atoms with Gasteiger partial charge in [-0.1, -0.05) is 0 Å². The molecule has 4 fully saturated rings. The maximum Gasteiger partial charge on any atom is 0.308 e. The second-order valence-electron chi connectivity index (χ2n) is 4.91. The van der Waals surface area contributed by atoms with Crippen LogP contribution in [0.3, 0.4) is 0 Å². The zero-order valence-electron chi connectivity index (χ0n) is 7.52. The number of carboxylic acid groups (broad SMARTS) is 1. The number of hydrogen-bond donors (Lipinski definition) is 2. The molecule has 13 heavy (non-hydrogen) atoms. The Morgan fingerprint density at radius 2 is 1.77 bits per heavy atom. The molecule has 3 heteroatoms. The average Bonchev–Trinajstić information content (AvgIpc) is 2.83. The van der Waals surface area contributed by atoms with Gasteiger partial charge in [-0.15, -0.1) is 0 Å². The summed E-state index contributed by atoms with van der Waals surface area (Å²) in [6, 6.07) is -0.0556. The molecule has 0 heterocycles. The highest BCUT2D eigenvalue weighted by molar-refractivity contribution is 5.72. The van der Waals surface area contributed by atoms with E-state index < -0.39 is 5.97 Å². The molecule has 2 bridgehead atoms. The normalized spacial score (nSPS) is 57.3. The Morgan fingerprint density at radius 3 is 2.46 bits per heavy atom. The molecule has 0 aromatic heterocycles. The molecule has 4 aliphatic carbocycles. The molecule has 4 saturated carbocycles. The fourth-order valence-electron chi connectivity index (χ4n) is 3.86. The Labute approximate surface area is 77.3 Å². The van der Waals surface area contributed by atoms with Gasteiger partial charge in [-0.05, 0) is 42.9 Å². The lowest BCUT2D eigenvalue weighted by molar-refractivity contribution is -0.149. The highest BCUT2D eigenvalue weighted by atomic mass is 16.4. The maximum absolute atomic E-state index is 11.0. The standard InChI is InChI=1S/C10H15NO2/c11-9-5-2-1-4(6-3-7(5)6)8(9)10(12)13/h4-9H,1-3,11H2,(H,12,13)/t4?,5?,6?,7?,8-,9+/m1/s1. The highest BCUT2D eigenvalue weighted by Crippen LogP contribution is 2.63. The van der Waals surface area contributed by atoms with Crippen molar-refractivity contribution >= 4 is 5.97 Å². The van der Waals surface area contributed by atoms with Crippen molar-refractivity contribution in [3.8, 4) is 0 Å². The number of hydrogen-bond acceptors (Lipinski definition) is 2. The fourth-order valence-corrected chi connectivity index (χ4v) is 3.86. The van der Waals surface area contributed by atoms with Gasteiger partial charge >= 0.3 is 5.97 Å². The minimum absolute atomic E-state index is 0.0556. The Morgan fingerprint density at radius 1 is 1.15 bits per heavy atom. The van der Waals surface area contributed by atoms with Gasteiger partial charge in [-0.2, -0.15) is 0 Å². The number of rotatable bonds is 1. The van der Waals surface area contributed by atoms with Crippen LogP contribution in [0.15, 0.2) is 0 Å². The Balaban J connectivity index is 1.93. The van der Waals surface area contributed by atoms with Crippen molar-refractivity contribution in [3.63, 3.8) is 0 Å². The molecule has 0 amide bonds. The van der Waals surface area contributed by atoms with Gasteiger partial charge in [0.15, 0.2) is 0 Å². The number of aliphatic carboxylic acids is 1. The van der Waals surface area contributed by atoms with Crippen LogP contribution in [0.25, 0.3) is 0 Å². The van der Waals surface area contributed by atoms with E-state index in [0.717, 1.165) is 18.3 Å². The van der Waals surface area contributed by atoms with E-state index in [0.29, 0.717) is 11.8 Å². The van der Waals surface area contributed by atoms with Crippen molar-refractivity contribution < 1.29 is 9.90 Å². The van der Waals surface area contributed by atoms with E-state index in [1.165, 1.54) is 12.8 Å². The van der Waals surface area contributed by atoms with Gasteiger partial charge in [-0.25, -0.2) is 0 Å². The minimum atomic E-state index is -0.660. The average molecular weight is 181 g/mol. The Kier molecular flexibility index (Phi) is 1.36. The van der Waals surface area contributed by atoms with Gasteiger partial charge in [0.25, 0.3) is 0 Å². The van der Waals surface area contributed by atoms with Crippen LogP contribution >= 0.6 is 0 Å². The van der Waals surface area contributed by atoms with Gasteiger partial charge in [0.05, 0.1) is 5.92 Å². The maximum atomic E-state index is 11.0. The smallest absolute Gasteiger partial charge is 0.308 e. The van der Waals surface area contributed by atoms with Crippen LogP contribution in [0.5, 0.6) is 0 Å². The largest absolute Gasteiger partial charge is 0.481 e. The number of nitrogens with two attached hydrogens (primary N) is 1. The topological polar surface area (TPSA) is 63.3 Å². The fraction of sp³-hybridized carbons (Fsp3) is 0.900. The van der Waals surface area contributed by atoms with Gasteiger partial charge in [0.1, 0.15) is 0 Å². The molecule has 0 spiro atoms. The first-order chi connectivity index (χ1) is 6.20. The number of carbonyl (C=O) groups is 1. The molecule has 3 N–H and O–H groups in total. The van der Waals surface area contributed by atoms with E-state index in [1.54, 1.807) is 0 Å². The summed E-state index contributed by atoms with van der Waals surface area (Å²) in [5.74, 6) is 1.55. The summed E-state index contributed by atoms with van der Waals surface area (Å²) in [6.45, 7) is 0. The molecule has 0 saturated heterocycles. The Hall–Kier alpha value is -0.570. The summed E-state index contributed by atoms with van der Waals surface area (Å²) in [5, 5.41) is 9.09. The van der Waals surface area contributed by atoms with Crippen LogP contribution < -0.4 is 5.73 Å². The van der Waals surface area contributed by atoms with E-state index in [4.69, 9.17) is 10.8 Å². The van der Waals surface area contributed by atoms with E-state index >= 15 is 0 Å². The van der Waals surface area contributed by atoms with E-state index in [2.05, 4.69) is 0 Å². The molecule has 4 rings (SSSR count). The van der Waals surface area contributed by atoms with E-state index in [-0.39, 0.29) is 12.0 Å². The van der Waals surface area contributed by atoms with Gasteiger partial charge in [-0.3, -0.25) is 4.79 Å². The Bertz CT molecular complexity index is 266. The van der Waals surface area contributed by atoms with Crippen molar-refractivity contribution in [2.75, 3.05) is 0 Å². The predicted octanol–water partition coefficient (Wildman–Crippen LogP) is 0.690. The number of fused-ring (bicyclic) bond motifs is 2. The van der Waals surface area contributed by atoms with E-state index in [1.807, 2.05) is 0 Å². The summed E-state index contributed by atoms with van der Waals surface area (Å²) in [4.78, 5) is 11.0. The third-order valence-corrected chi connectivity index (χ3v) is 4.48. The summed E-state index contributed by atoms with van der Waals surface area (Å²) in [5.41, 5.74) is 6.00. The van der Waals surface area contributed by atoms with Crippen molar-refractivity contribution in [3.05, 3.63) is 0 Å². The predicted molar refractivity (Wildman–Crippen MR) is 46.9 cm³/mol. The second kappa shape index (κ2) is 2.27. The minimum Gasteiger partial charge on any atom is -0.481 e. The summed E-state index contributed by atoms with van der Waals surface area (Å²) >= 11 is 0. The lowest BCUT2D eigenvalue weighted by atomic mass is 9.62. The number of carboxylic acids is 1. The first-order valence-electron chi connectivity index (χ1n) is 5.18. The second-order valence-corrected chi connectivity index (χ2v) is 4.91. The highest BCUT2D eigenvalue weighted by Gasteiger charge is 2.62. The van der Waals surface area contributed by atoms with Gasteiger partial charge in [0.2, 0.25) is 0 Å². The van der Waals surface area contributed by atoms with Crippen molar-refractivity contribution in [1.29, 1.82) is 0 Å². The molecule has 0 aromatic carbocycles. The van der Waals surface area contributed by atoms with Crippen molar-refractivity contribution in [2.45, 2.75) is 25.3 Å². The zero-order valence-corrected chi connectivity index (χ0v) is 7.52. The van der Waals surface area contributed by atoms with Crippen molar-refractivity contribution in [1.82, 2.24) is 0 Å². The van der Waals surface area contributed by atoms with Crippen LogP contribution in [-0.2, 0) is 4.79 Å². The van der Waals surface area contributed by atoms with Crippen LogP contribution in [0.4, 0.5) is 0 Å². The summed E-state index contributed by atoms with van der Waals surface area (Å²) in [7, 11) is 0. The van der Waals surface area contributed by atoms with Crippen LogP contribution in [0.2, 0.25) is 0 Å². The molecular weight excluding hydrogens is 166 g/mol. The van der Waals surface area contributed by atoms with Crippen LogP contribution in [-0.4, -0.2) is 17.1 Å². The van der Waals surface area contributed by atoms with E-state index in [9.17, 15) is 4.79 Å². The first-order valence-corrected chi connectivity index (χ1v) is 5.18. The molecule has 3 nitrogen and oxygen atoms in total. The lowest BCUT2D eigenvalue weighted by Gasteiger charge is -2.44. The van der Waals surface area contributed by atoms with Gasteiger partial charge < -0.3 is 10.8 Å². The molecular formula is C10H15NO2. The summed E-state index contributed by atoms with van der Waals surface area (Å²) in [6.07, 6.45) is 3.54. The van der Waals surface area contributed by atoms with Crippen molar-refractivity contribution in [2.24, 2.45) is 35.3 Å². The molecule has 72 valence electrons. The first kappa shape index (κ1) is 7.80. The lowest BCUT2D eigenvalue weighted by Crippen LogP contribution is -2.53.